The first-order chi connectivity index (χ1) is 11.5. The molecule has 0 bridgehead atoms. The highest BCUT2D eigenvalue weighted by atomic mass is 16.6. The number of nitrogens with zero attached hydrogens (tertiary/aromatic N) is 1. The van der Waals surface area contributed by atoms with Crippen LogP contribution in [0.2, 0.25) is 0 Å². The molecule has 1 unspecified atom stereocenters. The van der Waals surface area contributed by atoms with Gasteiger partial charge in [0.1, 0.15) is 5.76 Å². The molecule has 1 atom stereocenters. The Kier molecular flexibility index (Phi) is 4.41. The van der Waals surface area contributed by atoms with Crippen molar-refractivity contribution in [3.63, 3.8) is 0 Å². The number of nitro benzene ring substituents is 1. The van der Waals surface area contributed by atoms with E-state index >= 15 is 0 Å². The van der Waals surface area contributed by atoms with Gasteiger partial charge in [-0.2, -0.15) is 0 Å². The van der Waals surface area contributed by atoms with Crippen LogP contribution in [-0.2, 0) is 9.53 Å². The zero-order chi connectivity index (χ0) is 17.1. The molecule has 7 nitrogen and oxygen atoms in total. The number of carbonyl (C=O) groups is 2. The zero-order valence-corrected chi connectivity index (χ0v) is 12.8. The topological polar surface area (TPSA) is 99.7 Å². The highest BCUT2D eigenvalue weighted by Crippen LogP contribution is 2.26. The molecular formula is C17H15NO6. The Hall–Kier alpha value is -2.96. The van der Waals surface area contributed by atoms with E-state index in [0.29, 0.717) is 24.2 Å². The number of ether oxygens (including phenoxy) is 1. The van der Waals surface area contributed by atoms with E-state index in [1.165, 1.54) is 30.3 Å². The van der Waals surface area contributed by atoms with Crippen LogP contribution in [0.25, 0.3) is 11.3 Å². The van der Waals surface area contributed by atoms with Gasteiger partial charge in [0.15, 0.2) is 11.9 Å². The number of hydrogen-bond donors (Lipinski definition) is 0. The van der Waals surface area contributed by atoms with E-state index in [2.05, 4.69) is 0 Å². The molecule has 1 heterocycles. The third-order valence-electron chi connectivity index (χ3n) is 3.92. The van der Waals surface area contributed by atoms with Crippen LogP contribution >= 0.6 is 0 Å². The molecule has 1 aromatic heterocycles. The molecule has 1 saturated carbocycles. The van der Waals surface area contributed by atoms with Gasteiger partial charge in [-0.3, -0.25) is 14.9 Å². The second-order valence-electron chi connectivity index (χ2n) is 5.57. The van der Waals surface area contributed by atoms with E-state index in [9.17, 15) is 19.7 Å². The van der Waals surface area contributed by atoms with E-state index in [4.69, 9.17) is 9.15 Å². The molecule has 0 N–H and O–H groups in total. The Morgan fingerprint density at radius 3 is 2.58 bits per heavy atom. The van der Waals surface area contributed by atoms with E-state index in [1.54, 1.807) is 6.07 Å². The molecular weight excluding hydrogens is 314 g/mol. The molecule has 0 aliphatic heterocycles. The van der Waals surface area contributed by atoms with Crippen LogP contribution in [0, 0.1) is 10.1 Å². The van der Waals surface area contributed by atoms with Crippen molar-refractivity contribution in [2.24, 2.45) is 0 Å². The fourth-order valence-electron chi connectivity index (χ4n) is 2.61. The van der Waals surface area contributed by atoms with Crippen LogP contribution < -0.4 is 0 Å². The average Bonchev–Trinajstić information content (AvgIpc) is 3.07. The molecule has 2 aromatic rings. The maximum absolute atomic E-state index is 12.1. The minimum absolute atomic E-state index is 0.00160. The van der Waals surface area contributed by atoms with Crippen molar-refractivity contribution >= 4 is 17.4 Å². The molecule has 1 aliphatic rings. The molecule has 24 heavy (non-hydrogen) atoms. The molecule has 1 aromatic carbocycles. The maximum Gasteiger partial charge on any atom is 0.374 e. The highest BCUT2D eigenvalue weighted by molar-refractivity contribution is 5.91. The SMILES string of the molecule is O=C(OC1CCCCC1=O)c1ccc(-c2ccc([N+](=O)[O-])cc2)o1. The lowest BCUT2D eigenvalue weighted by Gasteiger charge is -2.19. The Morgan fingerprint density at radius 1 is 1.17 bits per heavy atom. The van der Waals surface area contributed by atoms with Crippen molar-refractivity contribution in [1.82, 2.24) is 0 Å². The van der Waals surface area contributed by atoms with Crippen LogP contribution in [0.4, 0.5) is 5.69 Å². The summed E-state index contributed by atoms with van der Waals surface area (Å²) in [5, 5.41) is 10.7. The minimum Gasteiger partial charge on any atom is -0.449 e. The number of Topliss-reactive ketones (excluding diaryl/α,β-unsaturated/α-hetero) is 1. The van der Waals surface area contributed by atoms with E-state index in [0.717, 1.165) is 12.8 Å². The van der Waals surface area contributed by atoms with Gasteiger partial charge < -0.3 is 9.15 Å². The van der Waals surface area contributed by atoms with Gasteiger partial charge in [0, 0.05) is 24.1 Å². The number of furan rings is 1. The van der Waals surface area contributed by atoms with Crippen LogP contribution in [0.5, 0.6) is 0 Å². The summed E-state index contributed by atoms with van der Waals surface area (Å²) in [5.41, 5.74) is 0.578. The van der Waals surface area contributed by atoms with Gasteiger partial charge in [-0.1, -0.05) is 0 Å². The quantitative estimate of drug-likeness (QED) is 0.483. The Labute approximate surface area is 137 Å². The van der Waals surface area contributed by atoms with Crippen LogP contribution in [0.15, 0.2) is 40.8 Å². The predicted molar refractivity (Wildman–Crippen MR) is 83.5 cm³/mol. The molecule has 124 valence electrons. The van der Waals surface area contributed by atoms with E-state index in [1.807, 2.05) is 0 Å². The second-order valence-corrected chi connectivity index (χ2v) is 5.57. The van der Waals surface area contributed by atoms with Crippen LogP contribution in [0.1, 0.15) is 36.2 Å². The molecule has 1 aliphatic carbocycles. The van der Waals surface area contributed by atoms with Crippen molar-refractivity contribution in [3.8, 4) is 11.3 Å². The fraction of sp³-hybridized carbons (Fsp3) is 0.294. The molecule has 3 rings (SSSR count). The largest absolute Gasteiger partial charge is 0.449 e. The summed E-state index contributed by atoms with van der Waals surface area (Å²) in [6.07, 6.45) is 1.97. The van der Waals surface area contributed by atoms with Gasteiger partial charge in [0.05, 0.1) is 4.92 Å². The van der Waals surface area contributed by atoms with Crippen molar-refractivity contribution in [1.29, 1.82) is 0 Å². The lowest BCUT2D eigenvalue weighted by atomic mass is 9.96. The lowest BCUT2D eigenvalue weighted by Crippen LogP contribution is -2.30. The number of ketones is 1. The van der Waals surface area contributed by atoms with Gasteiger partial charge >= 0.3 is 5.97 Å². The monoisotopic (exact) mass is 329 g/mol. The Bertz CT molecular complexity index is 777. The number of nitro groups is 1. The summed E-state index contributed by atoms with van der Waals surface area (Å²) in [4.78, 5) is 34.0. The summed E-state index contributed by atoms with van der Waals surface area (Å²) >= 11 is 0. The zero-order valence-electron chi connectivity index (χ0n) is 12.8. The summed E-state index contributed by atoms with van der Waals surface area (Å²) < 4.78 is 10.7. The summed E-state index contributed by atoms with van der Waals surface area (Å²) in [7, 11) is 0. The Balaban J connectivity index is 1.71. The number of carbonyl (C=O) groups excluding carboxylic acids is 2. The van der Waals surface area contributed by atoms with Gasteiger partial charge in [-0.25, -0.2) is 4.79 Å². The molecule has 1 fully saturated rings. The van der Waals surface area contributed by atoms with Gasteiger partial charge in [-0.15, -0.1) is 0 Å². The lowest BCUT2D eigenvalue weighted by molar-refractivity contribution is -0.384. The van der Waals surface area contributed by atoms with Crippen molar-refractivity contribution in [2.45, 2.75) is 31.8 Å². The van der Waals surface area contributed by atoms with Gasteiger partial charge in [0.25, 0.3) is 5.69 Å². The number of rotatable bonds is 4. The van der Waals surface area contributed by atoms with E-state index < -0.39 is 17.0 Å². The normalized spacial score (nSPS) is 17.5. The third kappa shape index (κ3) is 3.34. The number of benzene rings is 1. The molecule has 7 heteroatoms. The number of non-ortho nitro benzene ring substituents is 1. The molecule has 0 saturated heterocycles. The Morgan fingerprint density at radius 2 is 1.92 bits per heavy atom. The smallest absolute Gasteiger partial charge is 0.374 e. The molecule has 0 amide bonds. The first-order valence-corrected chi connectivity index (χ1v) is 7.63. The number of hydrogen-bond acceptors (Lipinski definition) is 6. The third-order valence-corrected chi connectivity index (χ3v) is 3.92. The van der Waals surface area contributed by atoms with Crippen molar-refractivity contribution < 1.29 is 23.7 Å². The minimum atomic E-state index is -0.695. The van der Waals surface area contributed by atoms with Gasteiger partial charge in [0.2, 0.25) is 5.76 Å². The summed E-state index contributed by atoms with van der Waals surface area (Å²) in [6, 6.07) is 8.84. The first-order valence-electron chi connectivity index (χ1n) is 7.63. The van der Waals surface area contributed by atoms with Gasteiger partial charge in [-0.05, 0) is 43.5 Å². The van der Waals surface area contributed by atoms with Crippen LogP contribution in [0.3, 0.4) is 0 Å². The van der Waals surface area contributed by atoms with Crippen molar-refractivity contribution in [2.75, 3.05) is 0 Å². The summed E-state index contributed by atoms with van der Waals surface area (Å²) in [6.45, 7) is 0. The average molecular weight is 329 g/mol. The standard InChI is InChI=1S/C17H15NO6/c19-13-3-1-2-4-15(13)24-17(20)16-10-9-14(23-16)11-5-7-12(8-6-11)18(21)22/h5-10,15H,1-4H2. The fourth-order valence-corrected chi connectivity index (χ4v) is 2.61. The summed E-state index contributed by atoms with van der Waals surface area (Å²) in [5.74, 6) is -0.339. The van der Waals surface area contributed by atoms with Crippen molar-refractivity contribution in [3.05, 3.63) is 52.3 Å². The molecule has 0 spiro atoms. The van der Waals surface area contributed by atoms with E-state index in [-0.39, 0.29) is 17.2 Å². The molecule has 0 radical (unpaired) electrons. The highest BCUT2D eigenvalue weighted by Gasteiger charge is 2.27. The number of esters is 1. The predicted octanol–water partition coefficient (Wildman–Crippen LogP) is 3.52. The van der Waals surface area contributed by atoms with Crippen LogP contribution in [-0.4, -0.2) is 22.8 Å². The second kappa shape index (κ2) is 6.66. The maximum atomic E-state index is 12.1. The first kappa shape index (κ1) is 15.9.